The lowest BCUT2D eigenvalue weighted by Crippen LogP contribution is -2.24. The summed E-state index contributed by atoms with van der Waals surface area (Å²) in [6.45, 7) is 5.57. The first kappa shape index (κ1) is 13.6. The van der Waals surface area contributed by atoms with Crippen LogP contribution in [0.3, 0.4) is 0 Å². The number of nitrogens with one attached hydrogen (secondary N) is 1. The van der Waals surface area contributed by atoms with Crippen molar-refractivity contribution in [3.8, 4) is 5.75 Å². The van der Waals surface area contributed by atoms with Crippen LogP contribution in [-0.2, 0) is 0 Å². The van der Waals surface area contributed by atoms with Crippen molar-refractivity contribution in [2.75, 3.05) is 13.2 Å². The zero-order valence-corrected chi connectivity index (χ0v) is 10.7. The number of ether oxygens (including phenoxy) is 1. The lowest BCUT2D eigenvalue weighted by Gasteiger charge is -2.07. The molecular weight excluding hydrogens is 214 g/mol. The molecule has 0 fully saturated rings. The van der Waals surface area contributed by atoms with E-state index in [0.717, 1.165) is 31.6 Å². The topological polar surface area (TPSA) is 38.3 Å². The largest absolute Gasteiger partial charge is 0.494 e. The molecule has 0 unspecified atom stereocenters. The summed E-state index contributed by atoms with van der Waals surface area (Å²) >= 11 is 0. The van der Waals surface area contributed by atoms with Gasteiger partial charge in [-0.3, -0.25) is 4.79 Å². The Labute approximate surface area is 103 Å². The molecule has 0 spiro atoms. The van der Waals surface area contributed by atoms with Gasteiger partial charge >= 0.3 is 0 Å². The fourth-order valence-corrected chi connectivity index (χ4v) is 1.43. The molecule has 1 aromatic rings. The molecule has 0 saturated carbocycles. The van der Waals surface area contributed by atoms with Gasteiger partial charge in [-0.15, -0.1) is 0 Å². The molecule has 0 aromatic heterocycles. The van der Waals surface area contributed by atoms with E-state index in [-0.39, 0.29) is 5.91 Å². The number of unbranched alkanes of at least 4 members (excludes halogenated alkanes) is 1. The van der Waals surface area contributed by atoms with Crippen LogP contribution < -0.4 is 10.1 Å². The number of hydrogen-bond donors (Lipinski definition) is 1. The van der Waals surface area contributed by atoms with Crippen molar-refractivity contribution in [1.82, 2.24) is 5.32 Å². The minimum absolute atomic E-state index is 0.0274. The van der Waals surface area contributed by atoms with Crippen LogP contribution in [0.5, 0.6) is 5.75 Å². The van der Waals surface area contributed by atoms with Gasteiger partial charge in [-0.05, 0) is 31.0 Å². The molecule has 1 rings (SSSR count). The highest BCUT2D eigenvalue weighted by atomic mass is 16.5. The zero-order valence-electron chi connectivity index (χ0n) is 10.7. The second-order valence-electron chi connectivity index (χ2n) is 3.99. The van der Waals surface area contributed by atoms with Crippen molar-refractivity contribution >= 4 is 5.91 Å². The van der Waals surface area contributed by atoms with Gasteiger partial charge in [-0.2, -0.15) is 0 Å². The second-order valence-corrected chi connectivity index (χ2v) is 3.99. The fourth-order valence-electron chi connectivity index (χ4n) is 1.43. The van der Waals surface area contributed by atoms with E-state index < -0.39 is 0 Å². The number of hydrogen-bond acceptors (Lipinski definition) is 2. The third-order valence-corrected chi connectivity index (χ3v) is 2.38. The van der Waals surface area contributed by atoms with Gasteiger partial charge in [0.05, 0.1) is 6.61 Å². The van der Waals surface area contributed by atoms with Gasteiger partial charge < -0.3 is 10.1 Å². The van der Waals surface area contributed by atoms with Gasteiger partial charge in [0, 0.05) is 12.1 Å². The average molecular weight is 235 g/mol. The highest BCUT2D eigenvalue weighted by molar-refractivity contribution is 5.94. The molecule has 0 heterocycles. The van der Waals surface area contributed by atoms with E-state index in [1.807, 2.05) is 12.1 Å². The molecule has 0 bridgehead atoms. The number of carbonyl (C=O) groups is 1. The Hall–Kier alpha value is -1.51. The number of carbonyl (C=O) groups excluding carboxylic acids is 1. The number of benzene rings is 1. The van der Waals surface area contributed by atoms with Gasteiger partial charge in [0.1, 0.15) is 5.75 Å². The van der Waals surface area contributed by atoms with Crippen LogP contribution in [0.25, 0.3) is 0 Å². The molecule has 1 aromatic carbocycles. The lowest BCUT2D eigenvalue weighted by molar-refractivity contribution is 0.0952. The fraction of sp³-hybridized carbons (Fsp3) is 0.500. The average Bonchev–Trinajstić information content (AvgIpc) is 2.37. The first-order valence-electron chi connectivity index (χ1n) is 6.29. The van der Waals surface area contributed by atoms with Gasteiger partial charge in [-0.1, -0.05) is 26.3 Å². The highest BCUT2D eigenvalue weighted by Crippen LogP contribution is 2.13. The molecule has 0 radical (unpaired) electrons. The highest BCUT2D eigenvalue weighted by Gasteiger charge is 2.05. The van der Waals surface area contributed by atoms with Gasteiger partial charge in [-0.25, -0.2) is 0 Å². The summed E-state index contributed by atoms with van der Waals surface area (Å²) in [5, 5.41) is 2.89. The van der Waals surface area contributed by atoms with Crippen LogP contribution >= 0.6 is 0 Å². The first-order valence-corrected chi connectivity index (χ1v) is 6.29. The normalized spacial score (nSPS) is 10.0. The first-order chi connectivity index (χ1) is 8.27. The van der Waals surface area contributed by atoms with Gasteiger partial charge in [0.15, 0.2) is 0 Å². The Morgan fingerprint density at radius 3 is 2.82 bits per heavy atom. The Morgan fingerprint density at radius 1 is 1.29 bits per heavy atom. The van der Waals surface area contributed by atoms with E-state index >= 15 is 0 Å². The Balaban J connectivity index is 2.54. The van der Waals surface area contributed by atoms with Crippen molar-refractivity contribution in [3.63, 3.8) is 0 Å². The van der Waals surface area contributed by atoms with Crippen molar-refractivity contribution in [1.29, 1.82) is 0 Å². The zero-order chi connectivity index (χ0) is 12.5. The van der Waals surface area contributed by atoms with Crippen molar-refractivity contribution in [3.05, 3.63) is 29.8 Å². The molecule has 0 aliphatic rings. The summed E-state index contributed by atoms with van der Waals surface area (Å²) in [5.74, 6) is 0.732. The van der Waals surface area contributed by atoms with Gasteiger partial charge in [0.2, 0.25) is 0 Å². The van der Waals surface area contributed by atoms with Gasteiger partial charge in [0.25, 0.3) is 5.91 Å². The summed E-state index contributed by atoms with van der Waals surface area (Å²) < 4.78 is 5.49. The van der Waals surface area contributed by atoms with E-state index in [1.54, 1.807) is 12.1 Å². The SMILES string of the molecule is CCCCNC(=O)c1cccc(OCCC)c1. The molecule has 94 valence electrons. The molecule has 0 saturated heterocycles. The molecule has 1 N–H and O–H groups in total. The van der Waals surface area contributed by atoms with Crippen LogP contribution in [-0.4, -0.2) is 19.1 Å². The second kappa shape index (κ2) is 7.71. The summed E-state index contributed by atoms with van der Waals surface area (Å²) in [5.41, 5.74) is 0.662. The molecule has 0 aliphatic heterocycles. The maximum Gasteiger partial charge on any atom is 0.251 e. The van der Waals surface area contributed by atoms with E-state index in [9.17, 15) is 4.79 Å². The van der Waals surface area contributed by atoms with E-state index in [0.29, 0.717) is 12.2 Å². The third kappa shape index (κ3) is 4.89. The Morgan fingerprint density at radius 2 is 2.12 bits per heavy atom. The molecule has 1 amide bonds. The molecule has 3 nitrogen and oxygen atoms in total. The standard InChI is InChI=1S/C14H21NO2/c1-3-5-9-15-14(16)12-7-6-8-13(11-12)17-10-4-2/h6-8,11H,3-5,9-10H2,1-2H3,(H,15,16). The number of amides is 1. The predicted octanol–water partition coefficient (Wildman–Crippen LogP) is 3.01. The predicted molar refractivity (Wildman–Crippen MR) is 69.5 cm³/mol. The number of rotatable bonds is 7. The van der Waals surface area contributed by atoms with Crippen LogP contribution in [0.2, 0.25) is 0 Å². The third-order valence-electron chi connectivity index (χ3n) is 2.38. The van der Waals surface area contributed by atoms with Crippen molar-refractivity contribution in [2.24, 2.45) is 0 Å². The van der Waals surface area contributed by atoms with E-state index in [1.165, 1.54) is 0 Å². The summed E-state index contributed by atoms with van der Waals surface area (Å²) in [4.78, 5) is 11.8. The van der Waals surface area contributed by atoms with Crippen LogP contribution in [0.1, 0.15) is 43.5 Å². The minimum atomic E-state index is -0.0274. The molecule has 0 aliphatic carbocycles. The quantitative estimate of drug-likeness (QED) is 0.738. The summed E-state index contributed by atoms with van der Waals surface area (Å²) in [7, 11) is 0. The smallest absolute Gasteiger partial charge is 0.251 e. The maximum atomic E-state index is 11.8. The monoisotopic (exact) mass is 235 g/mol. The van der Waals surface area contributed by atoms with Crippen LogP contribution in [0, 0.1) is 0 Å². The van der Waals surface area contributed by atoms with E-state index in [2.05, 4.69) is 19.2 Å². The van der Waals surface area contributed by atoms with Crippen LogP contribution in [0.4, 0.5) is 0 Å². The maximum absolute atomic E-state index is 11.8. The lowest BCUT2D eigenvalue weighted by atomic mass is 10.2. The molecule has 17 heavy (non-hydrogen) atoms. The van der Waals surface area contributed by atoms with Crippen molar-refractivity contribution < 1.29 is 9.53 Å². The van der Waals surface area contributed by atoms with Crippen LogP contribution in [0.15, 0.2) is 24.3 Å². The van der Waals surface area contributed by atoms with E-state index in [4.69, 9.17) is 4.74 Å². The minimum Gasteiger partial charge on any atom is -0.494 e. The molecular formula is C14H21NO2. The summed E-state index contributed by atoms with van der Waals surface area (Å²) in [6.07, 6.45) is 3.06. The van der Waals surface area contributed by atoms with Crippen molar-refractivity contribution in [2.45, 2.75) is 33.1 Å². The Bertz CT molecular complexity index is 350. The molecule has 3 heteroatoms. The molecule has 0 atom stereocenters. The summed E-state index contributed by atoms with van der Waals surface area (Å²) in [6, 6.07) is 7.31. The Kier molecular flexibility index (Phi) is 6.15.